The molecule has 10 heteroatoms. The first-order valence-corrected chi connectivity index (χ1v) is 9.81. The van der Waals surface area contributed by atoms with Crippen molar-refractivity contribution in [1.82, 2.24) is 0 Å². The molecule has 1 aliphatic heterocycles. The fourth-order valence-corrected chi connectivity index (χ4v) is 3.89. The zero-order valence-electron chi connectivity index (χ0n) is 14.7. The van der Waals surface area contributed by atoms with Gasteiger partial charge >= 0.3 is 0 Å². The van der Waals surface area contributed by atoms with Gasteiger partial charge in [0.05, 0.1) is 21.1 Å². The average molecular weight is 411 g/mol. The number of amides is 1. The monoisotopic (exact) mass is 411 g/mol. The molecule has 0 atom stereocenters. The summed E-state index contributed by atoms with van der Waals surface area (Å²) in [6, 6.07) is 15.8. The van der Waals surface area contributed by atoms with Gasteiger partial charge in [0.25, 0.3) is 21.6 Å². The fourth-order valence-electron chi connectivity index (χ4n) is 2.81. The Morgan fingerprint density at radius 3 is 2.55 bits per heavy atom. The van der Waals surface area contributed by atoms with Crippen LogP contribution < -0.4 is 14.8 Å². The van der Waals surface area contributed by atoms with Crippen LogP contribution in [0.2, 0.25) is 0 Å². The van der Waals surface area contributed by atoms with Gasteiger partial charge in [0, 0.05) is 17.8 Å². The Morgan fingerprint density at radius 1 is 0.966 bits per heavy atom. The summed E-state index contributed by atoms with van der Waals surface area (Å²) in [5, 5.41) is 13.6. The first-order chi connectivity index (χ1) is 13.8. The van der Waals surface area contributed by atoms with Crippen molar-refractivity contribution in [2.45, 2.75) is 4.90 Å². The van der Waals surface area contributed by atoms with E-state index in [1.807, 2.05) is 0 Å². The molecular formula is C19H13N3O6S. The number of hydrogen-bond donors (Lipinski definition) is 2. The van der Waals surface area contributed by atoms with Crippen LogP contribution in [0.5, 0.6) is 11.5 Å². The maximum absolute atomic E-state index is 12.6. The molecule has 4 rings (SSSR count). The lowest BCUT2D eigenvalue weighted by Gasteiger charge is -2.11. The van der Waals surface area contributed by atoms with Crippen molar-refractivity contribution in [3.63, 3.8) is 0 Å². The number of non-ortho nitro benzene ring substituents is 1. The molecule has 29 heavy (non-hydrogen) atoms. The molecule has 0 aromatic heterocycles. The number of carbonyl (C=O) groups excluding carboxylic acids is 1. The SMILES string of the molecule is O=C1Nc2ccccc2Oc2ccc(NS(=O)(=O)c3cccc([N+](=O)[O-])c3)cc21. The predicted octanol–water partition coefficient (Wildman–Crippen LogP) is 3.75. The minimum absolute atomic E-state index is 0.111. The number of benzene rings is 3. The van der Waals surface area contributed by atoms with E-state index in [9.17, 15) is 23.3 Å². The van der Waals surface area contributed by atoms with Crippen LogP contribution in [0.4, 0.5) is 17.1 Å². The van der Waals surface area contributed by atoms with E-state index in [4.69, 9.17) is 4.74 Å². The number of ether oxygens (including phenoxy) is 1. The second kappa shape index (κ2) is 6.91. The molecule has 0 spiro atoms. The third-order valence-electron chi connectivity index (χ3n) is 4.17. The van der Waals surface area contributed by atoms with Crippen LogP contribution in [0, 0.1) is 10.1 Å². The Morgan fingerprint density at radius 2 is 1.76 bits per heavy atom. The molecule has 0 aliphatic carbocycles. The van der Waals surface area contributed by atoms with E-state index in [1.54, 1.807) is 24.3 Å². The van der Waals surface area contributed by atoms with Gasteiger partial charge in [-0.1, -0.05) is 18.2 Å². The molecule has 0 saturated carbocycles. The largest absolute Gasteiger partial charge is 0.454 e. The molecule has 1 amide bonds. The predicted molar refractivity (Wildman–Crippen MR) is 105 cm³/mol. The molecule has 9 nitrogen and oxygen atoms in total. The molecule has 2 N–H and O–H groups in total. The van der Waals surface area contributed by atoms with E-state index < -0.39 is 20.9 Å². The minimum atomic E-state index is -4.10. The van der Waals surface area contributed by atoms with Gasteiger partial charge in [-0.3, -0.25) is 19.6 Å². The molecule has 0 fully saturated rings. The second-order valence-corrected chi connectivity index (χ2v) is 7.81. The van der Waals surface area contributed by atoms with Crippen molar-refractivity contribution < 1.29 is 22.9 Å². The average Bonchev–Trinajstić information content (AvgIpc) is 2.83. The van der Waals surface area contributed by atoms with Crippen molar-refractivity contribution in [1.29, 1.82) is 0 Å². The summed E-state index contributed by atoms with van der Waals surface area (Å²) < 4.78 is 33.3. The summed E-state index contributed by atoms with van der Waals surface area (Å²) in [6.07, 6.45) is 0. The number of fused-ring (bicyclic) bond motifs is 2. The Labute approximate surface area is 165 Å². The van der Waals surface area contributed by atoms with Crippen molar-refractivity contribution in [2.24, 2.45) is 0 Å². The van der Waals surface area contributed by atoms with Gasteiger partial charge in [-0.25, -0.2) is 8.42 Å². The highest BCUT2D eigenvalue weighted by Crippen LogP contribution is 2.36. The van der Waals surface area contributed by atoms with Crippen LogP contribution in [0.1, 0.15) is 10.4 Å². The zero-order chi connectivity index (χ0) is 20.6. The summed E-state index contributed by atoms with van der Waals surface area (Å²) in [7, 11) is -4.10. The van der Waals surface area contributed by atoms with Crippen LogP contribution in [0.3, 0.4) is 0 Å². The quantitative estimate of drug-likeness (QED) is 0.497. The van der Waals surface area contributed by atoms with E-state index in [2.05, 4.69) is 10.0 Å². The number of rotatable bonds is 4. The lowest BCUT2D eigenvalue weighted by molar-refractivity contribution is -0.385. The van der Waals surface area contributed by atoms with Gasteiger partial charge < -0.3 is 10.1 Å². The normalized spacial score (nSPS) is 12.6. The molecule has 146 valence electrons. The Kier molecular flexibility index (Phi) is 4.40. The number of para-hydroxylation sites is 2. The summed E-state index contributed by atoms with van der Waals surface area (Å²) in [5.41, 5.74) is 0.396. The molecule has 3 aromatic carbocycles. The van der Waals surface area contributed by atoms with Crippen LogP contribution >= 0.6 is 0 Å². The number of nitrogens with zero attached hydrogens (tertiary/aromatic N) is 1. The number of sulfonamides is 1. The highest BCUT2D eigenvalue weighted by molar-refractivity contribution is 7.92. The minimum Gasteiger partial charge on any atom is -0.454 e. The van der Waals surface area contributed by atoms with E-state index in [0.29, 0.717) is 11.4 Å². The summed E-state index contributed by atoms with van der Waals surface area (Å²) in [5.74, 6) is 0.275. The van der Waals surface area contributed by atoms with Gasteiger partial charge in [-0.2, -0.15) is 0 Å². The maximum Gasteiger partial charge on any atom is 0.270 e. The molecule has 3 aromatic rings. The summed E-state index contributed by atoms with van der Waals surface area (Å²) in [6.45, 7) is 0. The molecule has 0 bridgehead atoms. The number of nitro groups is 1. The molecule has 0 saturated heterocycles. The number of hydrogen-bond acceptors (Lipinski definition) is 6. The van der Waals surface area contributed by atoms with Gasteiger partial charge in [0.15, 0.2) is 5.75 Å². The van der Waals surface area contributed by atoms with Crippen LogP contribution in [0.15, 0.2) is 71.6 Å². The van der Waals surface area contributed by atoms with Crippen molar-refractivity contribution >= 4 is 33.0 Å². The van der Waals surface area contributed by atoms with Crippen LogP contribution in [0.25, 0.3) is 0 Å². The Hall–Kier alpha value is -3.92. The van der Waals surface area contributed by atoms with Crippen molar-refractivity contribution in [3.05, 3.63) is 82.4 Å². The first kappa shape index (κ1) is 18.4. The number of nitro benzene ring substituents is 1. The number of carbonyl (C=O) groups is 1. The molecule has 1 aliphatic rings. The lowest BCUT2D eigenvalue weighted by atomic mass is 10.1. The molecule has 0 unspecified atom stereocenters. The Bertz CT molecular complexity index is 1260. The molecular weight excluding hydrogens is 398 g/mol. The highest BCUT2D eigenvalue weighted by Gasteiger charge is 2.23. The van der Waals surface area contributed by atoms with Gasteiger partial charge in [-0.05, 0) is 36.4 Å². The highest BCUT2D eigenvalue weighted by atomic mass is 32.2. The summed E-state index contributed by atoms with van der Waals surface area (Å²) >= 11 is 0. The van der Waals surface area contributed by atoms with Crippen LogP contribution in [-0.4, -0.2) is 19.2 Å². The third-order valence-corrected chi connectivity index (χ3v) is 5.55. The van der Waals surface area contributed by atoms with E-state index in [-0.39, 0.29) is 27.6 Å². The standard InChI is InChI=1S/C19H13N3O6S/c23-19-15-10-12(8-9-17(15)28-18-7-2-1-6-16(18)20-19)21-29(26,27)14-5-3-4-13(11-14)22(24)25/h1-11,21H,(H,20,23). The van der Waals surface area contributed by atoms with Gasteiger partial charge in [0.2, 0.25) is 0 Å². The topological polar surface area (TPSA) is 128 Å². The van der Waals surface area contributed by atoms with Gasteiger partial charge in [0.1, 0.15) is 5.75 Å². The smallest absolute Gasteiger partial charge is 0.270 e. The van der Waals surface area contributed by atoms with E-state index >= 15 is 0 Å². The fraction of sp³-hybridized carbons (Fsp3) is 0. The first-order valence-electron chi connectivity index (χ1n) is 8.33. The van der Waals surface area contributed by atoms with E-state index in [1.165, 1.54) is 36.4 Å². The number of nitrogens with one attached hydrogen (secondary N) is 2. The molecule has 0 radical (unpaired) electrons. The number of anilines is 2. The maximum atomic E-state index is 12.6. The van der Waals surface area contributed by atoms with Crippen molar-refractivity contribution in [2.75, 3.05) is 10.0 Å². The second-order valence-electron chi connectivity index (χ2n) is 6.12. The molecule has 1 heterocycles. The zero-order valence-corrected chi connectivity index (χ0v) is 15.5. The van der Waals surface area contributed by atoms with Crippen LogP contribution in [-0.2, 0) is 10.0 Å². The Balaban J connectivity index is 1.66. The summed E-state index contributed by atoms with van der Waals surface area (Å²) in [4.78, 5) is 22.5. The van der Waals surface area contributed by atoms with Crippen molar-refractivity contribution in [3.8, 4) is 11.5 Å². The van der Waals surface area contributed by atoms with E-state index in [0.717, 1.165) is 6.07 Å². The third kappa shape index (κ3) is 3.60. The van der Waals surface area contributed by atoms with Gasteiger partial charge in [-0.15, -0.1) is 0 Å². The lowest BCUT2D eigenvalue weighted by Crippen LogP contribution is -2.15.